The number of rotatable bonds is 3. The van der Waals surface area contributed by atoms with Gasteiger partial charge >= 0.3 is 0 Å². The van der Waals surface area contributed by atoms with Crippen molar-refractivity contribution in [2.45, 2.75) is 38.5 Å². The molecule has 2 nitrogen and oxygen atoms in total. The highest BCUT2D eigenvalue weighted by molar-refractivity contribution is 8.13. The molecule has 4 heteroatoms. The van der Waals surface area contributed by atoms with E-state index in [1.165, 1.54) is 50.0 Å². The molecule has 1 N–H and O–H groups in total. The van der Waals surface area contributed by atoms with E-state index in [2.05, 4.69) is 5.32 Å². The quantitative estimate of drug-likeness (QED) is 0.912. The predicted octanol–water partition coefficient (Wildman–Crippen LogP) is 4.01. The Morgan fingerprint density at radius 2 is 1.90 bits per heavy atom. The van der Waals surface area contributed by atoms with Gasteiger partial charge in [-0.1, -0.05) is 43.2 Å². The Kier molecular flexibility index (Phi) is 4.84. The number of aliphatic imine (C=N–C) groups is 1. The zero-order chi connectivity index (χ0) is 14.5. The topological polar surface area (TPSA) is 24.4 Å². The van der Waals surface area contributed by atoms with Crippen LogP contribution in [0.2, 0.25) is 0 Å². The Morgan fingerprint density at radius 3 is 2.57 bits per heavy atom. The molecule has 21 heavy (non-hydrogen) atoms. The molecule has 2 aliphatic rings. The van der Waals surface area contributed by atoms with Crippen LogP contribution in [0.1, 0.15) is 37.7 Å². The lowest BCUT2D eigenvalue weighted by Gasteiger charge is -2.38. The van der Waals surface area contributed by atoms with Crippen molar-refractivity contribution in [3.63, 3.8) is 0 Å². The minimum absolute atomic E-state index is 0.170. The van der Waals surface area contributed by atoms with E-state index in [4.69, 9.17) is 4.99 Å². The van der Waals surface area contributed by atoms with Crippen LogP contribution in [0.3, 0.4) is 0 Å². The molecule has 0 saturated heterocycles. The van der Waals surface area contributed by atoms with Gasteiger partial charge < -0.3 is 5.32 Å². The third kappa shape index (κ3) is 4.00. The third-order valence-electron chi connectivity index (χ3n) is 4.59. The Hall–Kier alpha value is -1.03. The summed E-state index contributed by atoms with van der Waals surface area (Å²) in [6.07, 6.45) is 7.77. The Labute approximate surface area is 130 Å². The van der Waals surface area contributed by atoms with Crippen molar-refractivity contribution in [2.24, 2.45) is 10.4 Å². The number of benzene rings is 1. The summed E-state index contributed by atoms with van der Waals surface area (Å²) in [5.41, 5.74) is 1.65. The molecule has 0 atom stereocenters. The highest BCUT2D eigenvalue weighted by Crippen LogP contribution is 2.41. The van der Waals surface area contributed by atoms with E-state index in [1.54, 1.807) is 0 Å². The maximum atomic E-state index is 12.8. The molecule has 1 aliphatic heterocycles. The van der Waals surface area contributed by atoms with Crippen molar-refractivity contribution in [2.75, 3.05) is 18.8 Å². The van der Waals surface area contributed by atoms with E-state index < -0.39 is 0 Å². The summed E-state index contributed by atoms with van der Waals surface area (Å²) >= 11 is 1.89. The molecule has 3 rings (SSSR count). The van der Waals surface area contributed by atoms with E-state index in [0.29, 0.717) is 5.41 Å². The average Bonchev–Trinajstić information content (AvgIpc) is 2.52. The monoisotopic (exact) mass is 306 g/mol. The van der Waals surface area contributed by atoms with E-state index in [0.717, 1.165) is 30.2 Å². The fourth-order valence-corrected chi connectivity index (χ4v) is 4.41. The van der Waals surface area contributed by atoms with Gasteiger partial charge in [0.25, 0.3) is 0 Å². The van der Waals surface area contributed by atoms with Crippen molar-refractivity contribution in [3.05, 3.63) is 35.6 Å². The van der Waals surface area contributed by atoms with Gasteiger partial charge in [-0.25, -0.2) is 4.39 Å². The molecule has 114 valence electrons. The SMILES string of the molecule is Fc1ccc(CCNC2=NCC3(CCCCC3)CS2)cc1. The second-order valence-electron chi connectivity index (χ2n) is 6.27. The molecule has 0 amide bonds. The van der Waals surface area contributed by atoms with Crippen molar-refractivity contribution >= 4 is 16.9 Å². The first-order chi connectivity index (χ1) is 10.3. The molecule has 1 saturated carbocycles. The number of nitrogens with zero attached hydrogens (tertiary/aromatic N) is 1. The zero-order valence-corrected chi connectivity index (χ0v) is 13.2. The summed E-state index contributed by atoms with van der Waals surface area (Å²) in [6, 6.07) is 6.75. The van der Waals surface area contributed by atoms with Crippen LogP contribution in [-0.2, 0) is 6.42 Å². The molecule has 0 radical (unpaired) electrons. The maximum Gasteiger partial charge on any atom is 0.156 e. The summed E-state index contributed by atoms with van der Waals surface area (Å²) in [6.45, 7) is 1.86. The predicted molar refractivity (Wildman–Crippen MR) is 88.4 cm³/mol. The molecule has 1 aromatic carbocycles. The van der Waals surface area contributed by atoms with Crippen LogP contribution in [0.4, 0.5) is 4.39 Å². The largest absolute Gasteiger partial charge is 0.365 e. The maximum absolute atomic E-state index is 12.8. The molecule has 0 bridgehead atoms. The van der Waals surface area contributed by atoms with Crippen molar-refractivity contribution in [3.8, 4) is 0 Å². The lowest BCUT2D eigenvalue weighted by molar-refractivity contribution is 0.232. The van der Waals surface area contributed by atoms with Gasteiger partial charge in [0.15, 0.2) is 5.17 Å². The van der Waals surface area contributed by atoms with Crippen LogP contribution in [-0.4, -0.2) is 24.0 Å². The summed E-state index contributed by atoms with van der Waals surface area (Å²) < 4.78 is 12.8. The highest BCUT2D eigenvalue weighted by atomic mass is 32.2. The van der Waals surface area contributed by atoms with E-state index >= 15 is 0 Å². The minimum atomic E-state index is -0.170. The number of thioether (sulfide) groups is 1. The van der Waals surface area contributed by atoms with Gasteiger partial charge in [-0.05, 0) is 42.4 Å². The molecule has 1 aromatic rings. The molecule has 1 spiro atoms. The summed E-state index contributed by atoms with van der Waals surface area (Å²) in [4.78, 5) is 4.76. The Morgan fingerprint density at radius 1 is 1.14 bits per heavy atom. The van der Waals surface area contributed by atoms with E-state index in [9.17, 15) is 4.39 Å². The van der Waals surface area contributed by atoms with Crippen LogP contribution in [0, 0.1) is 11.2 Å². The second-order valence-corrected chi connectivity index (χ2v) is 7.24. The van der Waals surface area contributed by atoms with Crippen LogP contribution in [0.5, 0.6) is 0 Å². The van der Waals surface area contributed by atoms with Crippen LogP contribution in [0.15, 0.2) is 29.3 Å². The second kappa shape index (κ2) is 6.82. The van der Waals surface area contributed by atoms with Crippen LogP contribution in [0.25, 0.3) is 0 Å². The Bertz CT molecular complexity index is 492. The van der Waals surface area contributed by atoms with Gasteiger partial charge in [0.05, 0.1) is 0 Å². The molecule has 1 heterocycles. The average molecular weight is 306 g/mol. The molecule has 0 unspecified atom stereocenters. The van der Waals surface area contributed by atoms with Gasteiger partial charge in [0.2, 0.25) is 0 Å². The number of nitrogens with one attached hydrogen (secondary N) is 1. The molecular formula is C17H23FN2S. The fraction of sp³-hybridized carbons (Fsp3) is 0.588. The van der Waals surface area contributed by atoms with Gasteiger partial charge in [-0.3, -0.25) is 4.99 Å². The van der Waals surface area contributed by atoms with Crippen LogP contribution < -0.4 is 5.32 Å². The van der Waals surface area contributed by atoms with Gasteiger partial charge in [0.1, 0.15) is 5.82 Å². The normalized spacial score (nSPS) is 21.1. The third-order valence-corrected chi connectivity index (χ3v) is 5.89. The standard InChI is InChI=1S/C17H23FN2S/c18-15-6-4-14(5-7-15)8-11-19-16-20-12-17(13-21-16)9-2-1-3-10-17/h4-7H,1-3,8-13H2,(H,19,20). The van der Waals surface area contributed by atoms with E-state index in [1.807, 2.05) is 23.9 Å². The molecule has 1 fully saturated rings. The number of hydrogen-bond donors (Lipinski definition) is 1. The molecule has 1 aliphatic carbocycles. The first-order valence-corrected chi connectivity index (χ1v) is 8.90. The van der Waals surface area contributed by atoms with Crippen molar-refractivity contribution in [1.82, 2.24) is 5.32 Å². The highest BCUT2D eigenvalue weighted by Gasteiger charge is 2.34. The number of halogens is 1. The molecule has 0 aromatic heterocycles. The van der Waals surface area contributed by atoms with Crippen LogP contribution >= 0.6 is 11.8 Å². The lowest BCUT2D eigenvalue weighted by atomic mass is 9.75. The van der Waals surface area contributed by atoms with Gasteiger partial charge in [-0.2, -0.15) is 0 Å². The smallest absolute Gasteiger partial charge is 0.156 e. The summed E-state index contributed by atoms with van der Waals surface area (Å²) in [5, 5.41) is 4.52. The summed E-state index contributed by atoms with van der Waals surface area (Å²) in [5.74, 6) is 1.05. The fourth-order valence-electron chi connectivity index (χ4n) is 3.23. The lowest BCUT2D eigenvalue weighted by Crippen LogP contribution is -2.37. The first-order valence-electron chi connectivity index (χ1n) is 7.91. The number of amidine groups is 1. The van der Waals surface area contributed by atoms with E-state index in [-0.39, 0.29) is 5.82 Å². The van der Waals surface area contributed by atoms with Gasteiger partial charge in [0, 0.05) is 18.8 Å². The first kappa shape index (κ1) is 14.9. The zero-order valence-electron chi connectivity index (χ0n) is 12.4. The number of hydrogen-bond acceptors (Lipinski definition) is 3. The van der Waals surface area contributed by atoms with Gasteiger partial charge in [-0.15, -0.1) is 0 Å². The van der Waals surface area contributed by atoms with Crippen molar-refractivity contribution < 1.29 is 4.39 Å². The minimum Gasteiger partial charge on any atom is -0.365 e. The summed E-state index contributed by atoms with van der Waals surface area (Å²) in [7, 11) is 0. The molecular weight excluding hydrogens is 283 g/mol. The Balaban J connectivity index is 1.45. The van der Waals surface area contributed by atoms with Crippen molar-refractivity contribution in [1.29, 1.82) is 0 Å².